The highest BCUT2D eigenvalue weighted by molar-refractivity contribution is 5.86. The summed E-state index contributed by atoms with van der Waals surface area (Å²) in [6.07, 6.45) is 12.0. The third-order valence-electron chi connectivity index (χ3n) is 5.06. The highest BCUT2D eigenvalue weighted by Gasteiger charge is 2.18. The number of ether oxygens (including phenoxy) is 1. The third kappa shape index (κ3) is 4.02. The first-order chi connectivity index (χ1) is 11.8. The van der Waals surface area contributed by atoms with Crippen LogP contribution in [0.2, 0.25) is 0 Å². The Kier molecular flexibility index (Phi) is 5.63. The predicted octanol–water partition coefficient (Wildman–Crippen LogP) is 5.14. The molecule has 1 aromatic carbocycles. The van der Waals surface area contributed by atoms with Crippen LogP contribution in [-0.2, 0) is 0 Å². The Morgan fingerprint density at radius 1 is 1.08 bits per heavy atom. The SMILES string of the molecule is CC[C@H]1CC[C@H](/N=C\c2cc(-c3ccncc3)ccc2OC)CC1. The molecule has 0 radical (unpaired) electrons. The summed E-state index contributed by atoms with van der Waals surface area (Å²) in [5.74, 6) is 1.78. The number of pyridine rings is 1. The summed E-state index contributed by atoms with van der Waals surface area (Å²) < 4.78 is 5.51. The van der Waals surface area contributed by atoms with Gasteiger partial charge in [0.15, 0.2) is 0 Å². The number of hydrogen-bond acceptors (Lipinski definition) is 3. The molecule has 1 aliphatic carbocycles. The fourth-order valence-electron chi connectivity index (χ4n) is 3.45. The number of aromatic nitrogens is 1. The van der Waals surface area contributed by atoms with E-state index in [9.17, 15) is 0 Å². The summed E-state index contributed by atoms with van der Waals surface area (Å²) in [6.45, 7) is 2.30. The topological polar surface area (TPSA) is 34.5 Å². The van der Waals surface area contributed by atoms with Crippen LogP contribution >= 0.6 is 0 Å². The van der Waals surface area contributed by atoms with Gasteiger partial charge in [-0.1, -0.05) is 19.4 Å². The van der Waals surface area contributed by atoms with Gasteiger partial charge in [-0.15, -0.1) is 0 Å². The molecule has 0 atom stereocenters. The number of aliphatic imine (C=N–C) groups is 1. The first-order valence-corrected chi connectivity index (χ1v) is 8.91. The van der Waals surface area contributed by atoms with Crippen LogP contribution in [0.5, 0.6) is 5.75 Å². The van der Waals surface area contributed by atoms with Crippen LogP contribution in [0.4, 0.5) is 0 Å². The van der Waals surface area contributed by atoms with E-state index in [0.717, 1.165) is 28.4 Å². The van der Waals surface area contributed by atoms with Crippen molar-refractivity contribution in [3.63, 3.8) is 0 Å². The fraction of sp³-hybridized carbons (Fsp3) is 0.429. The predicted molar refractivity (Wildman–Crippen MR) is 99.9 cm³/mol. The average molecular weight is 322 g/mol. The lowest BCUT2D eigenvalue weighted by molar-refractivity contribution is 0.321. The molecule has 126 valence electrons. The third-order valence-corrected chi connectivity index (χ3v) is 5.06. The number of benzene rings is 1. The standard InChI is InChI=1S/C21H26N2O/c1-3-16-4-7-20(8-5-16)23-15-19-14-18(6-9-21(19)24-2)17-10-12-22-13-11-17/h6,9-16,20H,3-5,7-8H2,1-2H3/b23-15-/t16-,20-. The van der Waals surface area contributed by atoms with Gasteiger partial charge >= 0.3 is 0 Å². The van der Waals surface area contributed by atoms with Gasteiger partial charge in [-0.05, 0) is 67.0 Å². The van der Waals surface area contributed by atoms with Crippen molar-refractivity contribution in [2.24, 2.45) is 10.9 Å². The Balaban J connectivity index is 1.78. The van der Waals surface area contributed by atoms with Crippen molar-refractivity contribution >= 4 is 6.21 Å². The van der Waals surface area contributed by atoms with Crippen molar-refractivity contribution in [1.29, 1.82) is 0 Å². The van der Waals surface area contributed by atoms with Gasteiger partial charge in [0.25, 0.3) is 0 Å². The van der Waals surface area contributed by atoms with Crippen LogP contribution < -0.4 is 4.74 Å². The van der Waals surface area contributed by atoms with E-state index in [2.05, 4.69) is 24.0 Å². The first-order valence-electron chi connectivity index (χ1n) is 8.91. The summed E-state index contributed by atoms with van der Waals surface area (Å²) in [5.41, 5.74) is 3.37. The molecule has 1 saturated carbocycles. The van der Waals surface area contributed by atoms with Crippen LogP contribution in [0.1, 0.15) is 44.6 Å². The van der Waals surface area contributed by atoms with Gasteiger partial charge in [0, 0.05) is 30.2 Å². The molecule has 0 bridgehead atoms. The molecule has 0 amide bonds. The number of methoxy groups -OCH3 is 1. The zero-order valence-corrected chi connectivity index (χ0v) is 14.6. The molecule has 3 heteroatoms. The molecule has 0 spiro atoms. The summed E-state index contributed by atoms with van der Waals surface area (Å²) in [7, 11) is 1.71. The van der Waals surface area contributed by atoms with Crippen molar-refractivity contribution in [2.45, 2.75) is 45.1 Å². The quantitative estimate of drug-likeness (QED) is 0.714. The van der Waals surface area contributed by atoms with Gasteiger partial charge in [-0.3, -0.25) is 9.98 Å². The zero-order chi connectivity index (χ0) is 16.8. The minimum atomic E-state index is 0.460. The minimum absolute atomic E-state index is 0.460. The molecule has 24 heavy (non-hydrogen) atoms. The van der Waals surface area contributed by atoms with Crippen LogP contribution in [-0.4, -0.2) is 24.4 Å². The Morgan fingerprint density at radius 2 is 1.83 bits per heavy atom. The van der Waals surface area contributed by atoms with Gasteiger partial charge in [-0.25, -0.2) is 0 Å². The molecular formula is C21H26N2O. The van der Waals surface area contributed by atoms with E-state index in [1.165, 1.54) is 32.1 Å². The smallest absolute Gasteiger partial charge is 0.127 e. The second kappa shape index (κ2) is 8.09. The zero-order valence-electron chi connectivity index (χ0n) is 14.6. The molecule has 2 aromatic rings. The Labute approximate surface area is 144 Å². The summed E-state index contributed by atoms with van der Waals surface area (Å²) in [5, 5.41) is 0. The van der Waals surface area contributed by atoms with E-state index in [0.29, 0.717) is 6.04 Å². The second-order valence-electron chi connectivity index (χ2n) is 6.55. The second-order valence-corrected chi connectivity index (χ2v) is 6.55. The first kappa shape index (κ1) is 16.7. The Hall–Kier alpha value is -2.16. The van der Waals surface area contributed by atoms with Crippen LogP contribution in [0, 0.1) is 5.92 Å². The molecule has 1 heterocycles. The van der Waals surface area contributed by atoms with Gasteiger partial charge in [0.1, 0.15) is 5.75 Å². The fourth-order valence-corrected chi connectivity index (χ4v) is 3.45. The highest BCUT2D eigenvalue weighted by Crippen LogP contribution is 2.29. The minimum Gasteiger partial charge on any atom is -0.496 e. The maximum atomic E-state index is 5.51. The molecule has 3 nitrogen and oxygen atoms in total. The molecule has 1 fully saturated rings. The van der Waals surface area contributed by atoms with Gasteiger partial charge in [0.05, 0.1) is 7.11 Å². The molecule has 0 N–H and O–H groups in total. The van der Waals surface area contributed by atoms with Gasteiger partial charge in [-0.2, -0.15) is 0 Å². The molecule has 0 saturated heterocycles. The highest BCUT2D eigenvalue weighted by atomic mass is 16.5. The van der Waals surface area contributed by atoms with E-state index in [-0.39, 0.29) is 0 Å². The average Bonchev–Trinajstić information content (AvgIpc) is 2.67. The van der Waals surface area contributed by atoms with Crippen LogP contribution in [0.3, 0.4) is 0 Å². The monoisotopic (exact) mass is 322 g/mol. The molecular weight excluding hydrogens is 296 g/mol. The van der Waals surface area contributed by atoms with Crippen molar-refractivity contribution in [2.75, 3.05) is 7.11 Å². The van der Waals surface area contributed by atoms with Crippen LogP contribution in [0.25, 0.3) is 11.1 Å². The molecule has 1 aromatic heterocycles. The lowest BCUT2D eigenvalue weighted by Crippen LogP contribution is -2.16. The Morgan fingerprint density at radius 3 is 2.50 bits per heavy atom. The molecule has 3 rings (SSSR count). The number of nitrogens with zero attached hydrogens (tertiary/aromatic N) is 2. The van der Waals surface area contributed by atoms with E-state index in [4.69, 9.17) is 9.73 Å². The summed E-state index contributed by atoms with van der Waals surface area (Å²) in [6, 6.07) is 10.8. The summed E-state index contributed by atoms with van der Waals surface area (Å²) >= 11 is 0. The number of hydrogen-bond donors (Lipinski definition) is 0. The lowest BCUT2D eigenvalue weighted by atomic mass is 9.85. The van der Waals surface area contributed by atoms with E-state index in [1.54, 1.807) is 7.11 Å². The maximum Gasteiger partial charge on any atom is 0.127 e. The lowest BCUT2D eigenvalue weighted by Gasteiger charge is -2.25. The Bertz CT molecular complexity index is 673. The van der Waals surface area contributed by atoms with E-state index >= 15 is 0 Å². The molecule has 1 aliphatic rings. The normalized spacial score (nSPS) is 21.1. The maximum absolute atomic E-state index is 5.51. The van der Waals surface area contributed by atoms with Gasteiger partial charge in [0.2, 0.25) is 0 Å². The van der Waals surface area contributed by atoms with Crippen molar-refractivity contribution in [3.05, 3.63) is 48.3 Å². The van der Waals surface area contributed by atoms with Crippen molar-refractivity contribution < 1.29 is 4.74 Å². The van der Waals surface area contributed by atoms with Crippen LogP contribution in [0.15, 0.2) is 47.7 Å². The van der Waals surface area contributed by atoms with Gasteiger partial charge < -0.3 is 4.74 Å². The largest absolute Gasteiger partial charge is 0.496 e. The summed E-state index contributed by atoms with van der Waals surface area (Å²) in [4.78, 5) is 8.93. The molecule has 0 aliphatic heterocycles. The molecule has 0 unspecified atom stereocenters. The van der Waals surface area contributed by atoms with Crippen molar-refractivity contribution in [1.82, 2.24) is 4.98 Å². The number of rotatable bonds is 5. The van der Waals surface area contributed by atoms with Crippen molar-refractivity contribution in [3.8, 4) is 16.9 Å². The van der Waals surface area contributed by atoms with E-state index < -0.39 is 0 Å². The van der Waals surface area contributed by atoms with E-state index in [1.807, 2.05) is 36.8 Å².